The lowest BCUT2D eigenvalue weighted by Gasteiger charge is -2.26. The van der Waals surface area contributed by atoms with Crippen LogP contribution in [0.2, 0.25) is 0 Å². The summed E-state index contributed by atoms with van der Waals surface area (Å²) in [4.78, 5) is 25.9. The second-order valence-electron chi connectivity index (χ2n) is 7.26. The van der Waals surface area contributed by atoms with Crippen molar-refractivity contribution in [3.8, 4) is 17.2 Å². The normalized spacial score (nSPS) is 15.2. The van der Waals surface area contributed by atoms with E-state index in [1.54, 1.807) is 42.5 Å². The molecule has 0 aromatic heterocycles. The topological polar surface area (TPSA) is 97.9 Å². The number of para-hydroxylation sites is 4. The lowest BCUT2D eigenvalue weighted by Crippen LogP contribution is -2.51. The van der Waals surface area contributed by atoms with E-state index in [4.69, 9.17) is 14.2 Å². The van der Waals surface area contributed by atoms with Gasteiger partial charge in [0.2, 0.25) is 12.0 Å². The van der Waals surface area contributed by atoms with Crippen molar-refractivity contribution < 1.29 is 23.8 Å². The number of carbonyl (C=O) groups is 2. The van der Waals surface area contributed by atoms with Gasteiger partial charge in [-0.05, 0) is 36.8 Å². The van der Waals surface area contributed by atoms with Gasteiger partial charge in [-0.15, -0.1) is 0 Å². The second kappa shape index (κ2) is 10.5. The maximum atomic E-state index is 13.2. The van der Waals surface area contributed by atoms with Gasteiger partial charge in [0.25, 0.3) is 5.91 Å². The monoisotopic (exact) mass is 447 g/mol. The Morgan fingerprint density at radius 3 is 2.45 bits per heavy atom. The van der Waals surface area contributed by atoms with Crippen molar-refractivity contribution >= 4 is 17.5 Å². The van der Waals surface area contributed by atoms with Crippen LogP contribution in [0.4, 0.5) is 5.69 Å². The standard InChI is InChI=1S/C25H25N3O5/c1-2-31-19-13-7-6-12-18(19)26-25(30)23(17-10-4-3-5-11-17)27-28-24(29)22-16-32-20-14-8-9-15-21(20)33-22/h3-15,22-23,27H,2,16H2,1H3,(H,26,30)(H,28,29)/t22-,23+/m1/s1. The zero-order valence-electron chi connectivity index (χ0n) is 18.1. The summed E-state index contributed by atoms with van der Waals surface area (Å²) in [6, 6.07) is 22.6. The van der Waals surface area contributed by atoms with Crippen LogP contribution < -0.4 is 30.4 Å². The van der Waals surface area contributed by atoms with Crippen molar-refractivity contribution in [2.45, 2.75) is 19.1 Å². The first kappa shape index (κ1) is 22.2. The van der Waals surface area contributed by atoms with Crippen molar-refractivity contribution in [3.63, 3.8) is 0 Å². The van der Waals surface area contributed by atoms with Crippen LogP contribution in [0.25, 0.3) is 0 Å². The molecule has 0 unspecified atom stereocenters. The lowest BCUT2D eigenvalue weighted by molar-refractivity contribution is -0.132. The van der Waals surface area contributed by atoms with Crippen molar-refractivity contribution in [2.75, 3.05) is 18.5 Å². The summed E-state index contributed by atoms with van der Waals surface area (Å²) in [5.41, 5.74) is 6.66. The van der Waals surface area contributed by atoms with Crippen LogP contribution in [0.15, 0.2) is 78.9 Å². The van der Waals surface area contributed by atoms with E-state index in [0.717, 1.165) is 0 Å². The van der Waals surface area contributed by atoms with Crippen LogP contribution in [0, 0.1) is 0 Å². The van der Waals surface area contributed by atoms with Gasteiger partial charge in [0.15, 0.2) is 11.5 Å². The van der Waals surface area contributed by atoms with Gasteiger partial charge in [0, 0.05) is 0 Å². The molecule has 33 heavy (non-hydrogen) atoms. The average molecular weight is 447 g/mol. The number of hydrogen-bond donors (Lipinski definition) is 3. The van der Waals surface area contributed by atoms with E-state index in [0.29, 0.717) is 35.1 Å². The van der Waals surface area contributed by atoms with E-state index in [1.165, 1.54) is 0 Å². The maximum Gasteiger partial charge on any atom is 0.278 e. The first-order chi connectivity index (χ1) is 16.2. The number of amides is 2. The molecular formula is C25H25N3O5. The predicted octanol–water partition coefficient (Wildman–Crippen LogP) is 3.23. The zero-order valence-corrected chi connectivity index (χ0v) is 18.1. The third kappa shape index (κ3) is 5.42. The minimum atomic E-state index is -0.860. The molecule has 8 heteroatoms. The van der Waals surface area contributed by atoms with Gasteiger partial charge in [0.05, 0.1) is 12.3 Å². The molecule has 0 fully saturated rings. The molecule has 3 N–H and O–H groups in total. The van der Waals surface area contributed by atoms with Gasteiger partial charge >= 0.3 is 0 Å². The molecule has 8 nitrogen and oxygen atoms in total. The van der Waals surface area contributed by atoms with E-state index in [2.05, 4.69) is 16.2 Å². The molecule has 0 aliphatic carbocycles. The third-order valence-electron chi connectivity index (χ3n) is 4.98. The van der Waals surface area contributed by atoms with E-state index in [1.807, 2.05) is 43.3 Å². The van der Waals surface area contributed by atoms with Crippen LogP contribution in [-0.4, -0.2) is 31.1 Å². The summed E-state index contributed by atoms with van der Waals surface area (Å²) < 4.78 is 16.9. The molecule has 0 bridgehead atoms. The summed E-state index contributed by atoms with van der Waals surface area (Å²) in [6.07, 6.45) is -0.856. The van der Waals surface area contributed by atoms with Crippen LogP contribution in [0.1, 0.15) is 18.5 Å². The Morgan fingerprint density at radius 1 is 0.970 bits per heavy atom. The fourth-order valence-electron chi connectivity index (χ4n) is 3.37. The second-order valence-corrected chi connectivity index (χ2v) is 7.26. The van der Waals surface area contributed by atoms with Crippen LogP contribution in [0.5, 0.6) is 17.2 Å². The summed E-state index contributed by atoms with van der Waals surface area (Å²) in [7, 11) is 0. The number of ether oxygens (including phenoxy) is 3. The Morgan fingerprint density at radius 2 is 1.67 bits per heavy atom. The molecule has 4 rings (SSSR count). The highest BCUT2D eigenvalue weighted by Gasteiger charge is 2.29. The van der Waals surface area contributed by atoms with E-state index < -0.39 is 18.1 Å². The summed E-state index contributed by atoms with van der Waals surface area (Å²) in [6.45, 7) is 2.41. The van der Waals surface area contributed by atoms with Crippen molar-refractivity contribution in [1.82, 2.24) is 10.9 Å². The highest BCUT2D eigenvalue weighted by Crippen LogP contribution is 2.31. The Kier molecular flexibility index (Phi) is 7.06. The quantitative estimate of drug-likeness (QED) is 0.459. The van der Waals surface area contributed by atoms with Crippen molar-refractivity contribution in [1.29, 1.82) is 0 Å². The van der Waals surface area contributed by atoms with Gasteiger partial charge in [-0.3, -0.25) is 15.0 Å². The Bertz CT molecular complexity index is 1110. The van der Waals surface area contributed by atoms with Crippen LogP contribution in [-0.2, 0) is 9.59 Å². The molecule has 2 atom stereocenters. The van der Waals surface area contributed by atoms with E-state index in [-0.39, 0.29) is 12.5 Å². The van der Waals surface area contributed by atoms with Gasteiger partial charge in [0.1, 0.15) is 18.4 Å². The highest BCUT2D eigenvalue weighted by molar-refractivity contribution is 5.97. The molecular weight excluding hydrogens is 422 g/mol. The van der Waals surface area contributed by atoms with Crippen molar-refractivity contribution in [3.05, 3.63) is 84.4 Å². The van der Waals surface area contributed by atoms with Gasteiger partial charge < -0.3 is 19.5 Å². The number of hydrogen-bond acceptors (Lipinski definition) is 6. The van der Waals surface area contributed by atoms with E-state index in [9.17, 15) is 9.59 Å². The van der Waals surface area contributed by atoms with Crippen LogP contribution >= 0.6 is 0 Å². The summed E-state index contributed by atoms with van der Waals surface area (Å²) >= 11 is 0. The average Bonchev–Trinajstić information content (AvgIpc) is 2.86. The number of fused-ring (bicyclic) bond motifs is 1. The Balaban J connectivity index is 1.46. The number of benzene rings is 3. The highest BCUT2D eigenvalue weighted by atomic mass is 16.6. The Labute approximate surface area is 191 Å². The zero-order chi connectivity index (χ0) is 23.0. The molecule has 170 valence electrons. The Hall–Kier alpha value is -4.04. The minimum Gasteiger partial charge on any atom is -0.492 e. The number of carbonyl (C=O) groups excluding carboxylic acids is 2. The fraction of sp³-hybridized carbons (Fsp3) is 0.200. The molecule has 0 saturated heterocycles. The van der Waals surface area contributed by atoms with Gasteiger partial charge in [-0.1, -0.05) is 54.6 Å². The minimum absolute atomic E-state index is 0.0639. The molecule has 3 aromatic rings. The molecule has 3 aromatic carbocycles. The number of nitrogens with one attached hydrogen (secondary N) is 3. The van der Waals surface area contributed by atoms with Crippen LogP contribution in [0.3, 0.4) is 0 Å². The summed E-state index contributed by atoms with van der Waals surface area (Å²) in [5.74, 6) is 0.834. The third-order valence-corrected chi connectivity index (χ3v) is 4.98. The van der Waals surface area contributed by atoms with Crippen molar-refractivity contribution in [2.24, 2.45) is 0 Å². The lowest BCUT2D eigenvalue weighted by atomic mass is 10.1. The molecule has 1 aliphatic rings. The number of hydrazine groups is 1. The molecule has 1 heterocycles. The molecule has 1 aliphatic heterocycles. The molecule has 0 radical (unpaired) electrons. The SMILES string of the molecule is CCOc1ccccc1NC(=O)[C@@H](NNC(=O)[C@H]1COc2ccccc2O1)c1ccccc1. The summed E-state index contributed by atoms with van der Waals surface area (Å²) in [5, 5.41) is 2.88. The number of rotatable bonds is 8. The van der Waals surface area contributed by atoms with Gasteiger partial charge in [-0.25, -0.2) is 5.43 Å². The molecule has 2 amide bonds. The largest absolute Gasteiger partial charge is 0.492 e. The predicted molar refractivity (Wildman–Crippen MR) is 123 cm³/mol. The first-order valence-corrected chi connectivity index (χ1v) is 10.7. The molecule has 0 spiro atoms. The van der Waals surface area contributed by atoms with E-state index >= 15 is 0 Å². The first-order valence-electron chi connectivity index (χ1n) is 10.7. The molecule has 0 saturated carbocycles. The smallest absolute Gasteiger partial charge is 0.278 e. The maximum absolute atomic E-state index is 13.2. The van der Waals surface area contributed by atoms with Gasteiger partial charge in [-0.2, -0.15) is 0 Å². The fourth-order valence-corrected chi connectivity index (χ4v) is 3.37. The number of anilines is 1.